The van der Waals surface area contributed by atoms with Crippen molar-refractivity contribution in [3.63, 3.8) is 0 Å². The highest BCUT2D eigenvalue weighted by atomic mass is 16.5. The van der Waals surface area contributed by atoms with Crippen molar-refractivity contribution in [2.24, 2.45) is 0 Å². The smallest absolute Gasteiger partial charge is 0.224 e. The van der Waals surface area contributed by atoms with Gasteiger partial charge >= 0.3 is 0 Å². The minimum absolute atomic E-state index is 0.302. The predicted octanol–water partition coefficient (Wildman–Crippen LogP) is 1.83. The Balaban J connectivity index is 1.28. The van der Waals surface area contributed by atoms with Crippen molar-refractivity contribution >= 4 is 16.6 Å². The first-order valence-electron chi connectivity index (χ1n) is 10.4. The highest BCUT2D eigenvalue weighted by molar-refractivity contribution is 5.86. The van der Waals surface area contributed by atoms with Gasteiger partial charge in [-0.25, -0.2) is 9.97 Å². The Kier molecular flexibility index (Phi) is 4.82. The zero-order valence-electron chi connectivity index (χ0n) is 16.2. The molecule has 1 aromatic heterocycles. The van der Waals surface area contributed by atoms with Gasteiger partial charge in [-0.1, -0.05) is 0 Å². The average Bonchev–Trinajstić information content (AvgIpc) is 3.11. The molecule has 0 amide bonds. The summed E-state index contributed by atoms with van der Waals surface area (Å²) in [7, 11) is 0. The minimum Gasteiger partial charge on any atom is -0.474 e. The molecule has 1 aliphatic carbocycles. The van der Waals surface area contributed by atoms with Crippen molar-refractivity contribution < 1.29 is 14.6 Å². The molecule has 2 aromatic rings. The number of hydrogen-bond acceptors (Lipinski definition) is 7. The fourth-order valence-corrected chi connectivity index (χ4v) is 4.26. The third-order valence-electron chi connectivity index (χ3n) is 6.25. The predicted molar refractivity (Wildman–Crippen MR) is 107 cm³/mol. The van der Waals surface area contributed by atoms with Gasteiger partial charge in [-0.05, 0) is 37.5 Å². The van der Waals surface area contributed by atoms with Crippen LogP contribution in [-0.2, 0) is 4.74 Å². The van der Waals surface area contributed by atoms with Crippen LogP contribution in [0.1, 0.15) is 25.7 Å². The Morgan fingerprint density at radius 1 is 1.18 bits per heavy atom. The zero-order chi connectivity index (χ0) is 19.0. The summed E-state index contributed by atoms with van der Waals surface area (Å²) < 4.78 is 11.5. The van der Waals surface area contributed by atoms with E-state index in [1.54, 1.807) is 6.33 Å². The minimum atomic E-state index is -0.670. The van der Waals surface area contributed by atoms with Crippen molar-refractivity contribution in [2.75, 3.05) is 50.8 Å². The maximum Gasteiger partial charge on any atom is 0.224 e. The maximum absolute atomic E-state index is 10.6. The lowest BCUT2D eigenvalue weighted by Crippen LogP contribution is -2.52. The Bertz CT molecular complexity index is 828. The molecule has 2 saturated heterocycles. The van der Waals surface area contributed by atoms with E-state index < -0.39 is 5.60 Å². The molecule has 0 bridgehead atoms. The van der Waals surface area contributed by atoms with E-state index in [4.69, 9.17) is 9.47 Å². The highest BCUT2D eigenvalue weighted by Gasteiger charge is 2.35. The largest absolute Gasteiger partial charge is 0.474 e. The van der Waals surface area contributed by atoms with E-state index in [9.17, 15) is 5.11 Å². The first-order chi connectivity index (χ1) is 13.7. The Morgan fingerprint density at radius 3 is 2.75 bits per heavy atom. The molecule has 0 radical (unpaired) electrons. The summed E-state index contributed by atoms with van der Waals surface area (Å²) >= 11 is 0. The quantitative estimate of drug-likeness (QED) is 0.843. The van der Waals surface area contributed by atoms with Gasteiger partial charge in [0.2, 0.25) is 5.88 Å². The number of aliphatic hydroxyl groups is 1. The second-order valence-corrected chi connectivity index (χ2v) is 8.34. The summed E-state index contributed by atoms with van der Waals surface area (Å²) in [4.78, 5) is 13.5. The number of piperazine rings is 1. The summed E-state index contributed by atoms with van der Waals surface area (Å²) in [5.41, 5.74) is 1.44. The van der Waals surface area contributed by atoms with E-state index in [2.05, 4.69) is 38.0 Å². The fraction of sp³-hybridized carbons (Fsp3) is 0.619. The van der Waals surface area contributed by atoms with Crippen LogP contribution in [-0.4, -0.2) is 77.6 Å². The van der Waals surface area contributed by atoms with E-state index in [1.807, 2.05) is 0 Å². The lowest BCUT2D eigenvalue weighted by Gasteiger charge is -2.38. The number of rotatable bonds is 5. The van der Waals surface area contributed by atoms with E-state index >= 15 is 0 Å². The lowest BCUT2D eigenvalue weighted by molar-refractivity contribution is -0.00557. The summed E-state index contributed by atoms with van der Waals surface area (Å²) in [5, 5.41) is 11.6. The second-order valence-electron chi connectivity index (χ2n) is 8.34. The van der Waals surface area contributed by atoms with Gasteiger partial charge in [-0.3, -0.25) is 4.90 Å². The number of ether oxygens (including phenoxy) is 2. The van der Waals surface area contributed by atoms with Gasteiger partial charge in [0, 0.05) is 51.4 Å². The van der Waals surface area contributed by atoms with Crippen LogP contribution in [0, 0.1) is 0 Å². The first kappa shape index (κ1) is 18.1. The molecule has 1 atom stereocenters. The molecule has 1 N–H and O–H groups in total. The molecule has 5 rings (SSSR count). The van der Waals surface area contributed by atoms with Gasteiger partial charge in [-0.2, -0.15) is 0 Å². The molecule has 1 saturated carbocycles. The monoisotopic (exact) mass is 384 g/mol. The molecular formula is C21H28N4O3. The number of benzene rings is 1. The van der Waals surface area contributed by atoms with Gasteiger partial charge in [-0.15, -0.1) is 0 Å². The molecule has 3 aliphatic rings. The molecule has 1 aromatic carbocycles. The molecule has 3 fully saturated rings. The van der Waals surface area contributed by atoms with Gasteiger partial charge < -0.3 is 19.5 Å². The van der Waals surface area contributed by atoms with Crippen LogP contribution >= 0.6 is 0 Å². The SMILES string of the molecule is OC1(CN2CCN(c3ccc4ncnc(OC5CCC5)c4c3)CC2)CCOC1. The Morgan fingerprint density at radius 2 is 2.04 bits per heavy atom. The van der Waals surface area contributed by atoms with E-state index in [-0.39, 0.29) is 0 Å². The molecule has 7 heteroatoms. The molecule has 2 aliphatic heterocycles. The fourth-order valence-electron chi connectivity index (χ4n) is 4.26. The first-order valence-corrected chi connectivity index (χ1v) is 10.4. The highest BCUT2D eigenvalue weighted by Crippen LogP contribution is 2.31. The van der Waals surface area contributed by atoms with Crippen LogP contribution in [0.2, 0.25) is 0 Å². The topological polar surface area (TPSA) is 71.0 Å². The third kappa shape index (κ3) is 3.66. The Hall–Kier alpha value is -1.96. The summed E-state index contributed by atoms with van der Waals surface area (Å²) in [6, 6.07) is 6.36. The van der Waals surface area contributed by atoms with Crippen molar-refractivity contribution in [1.82, 2.24) is 14.9 Å². The van der Waals surface area contributed by atoms with Crippen molar-refractivity contribution in [3.05, 3.63) is 24.5 Å². The number of nitrogens with zero attached hydrogens (tertiary/aromatic N) is 4. The van der Waals surface area contributed by atoms with Gasteiger partial charge in [0.25, 0.3) is 0 Å². The number of hydrogen-bond donors (Lipinski definition) is 1. The van der Waals surface area contributed by atoms with Crippen LogP contribution in [0.15, 0.2) is 24.5 Å². The van der Waals surface area contributed by atoms with Gasteiger partial charge in [0.05, 0.1) is 17.5 Å². The molecule has 1 unspecified atom stereocenters. The second kappa shape index (κ2) is 7.46. The number of fused-ring (bicyclic) bond motifs is 1. The van der Waals surface area contributed by atoms with Crippen LogP contribution in [0.25, 0.3) is 10.9 Å². The van der Waals surface area contributed by atoms with E-state index in [0.717, 1.165) is 56.3 Å². The van der Waals surface area contributed by atoms with Crippen molar-refractivity contribution in [3.8, 4) is 5.88 Å². The van der Waals surface area contributed by atoms with Crippen LogP contribution in [0.4, 0.5) is 5.69 Å². The Labute approximate surface area is 165 Å². The van der Waals surface area contributed by atoms with Crippen molar-refractivity contribution in [1.29, 1.82) is 0 Å². The molecule has 0 spiro atoms. The normalized spacial score (nSPS) is 26.5. The van der Waals surface area contributed by atoms with Gasteiger partial charge in [0.15, 0.2) is 0 Å². The van der Waals surface area contributed by atoms with Gasteiger partial charge in [0.1, 0.15) is 18.0 Å². The number of anilines is 1. The van der Waals surface area contributed by atoms with E-state index in [1.165, 1.54) is 12.1 Å². The third-order valence-corrected chi connectivity index (χ3v) is 6.25. The standard InChI is InChI=1S/C21H28N4O3/c26-21(6-11-27-14-21)13-24-7-9-25(10-8-24)16-4-5-19-18(12-16)20(23-15-22-19)28-17-2-1-3-17/h4-5,12,15,17,26H,1-3,6-11,13-14H2. The number of aromatic nitrogens is 2. The lowest BCUT2D eigenvalue weighted by atomic mass is 9.96. The molecular weight excluding hydrogens is 356 g/mol. The molecule has 3 heterocycles. The van der Waals surface area contributed by atoms with Crippen LogP contribution in [0.3, 0.4) is 0 Å². The average molecular weight is 384 g/mol. The zero-order valence-corrected chi connectivity index (χ0v) is 16.2. The molecule has 150 valence electrons. The molecule has 28 heavy (non-hydrogen) atoms. The molecule has 7 nitrogen and oxygen atoms in total. The maximum atomic E-state index is 10.6. The number of β-amino-alcohol motifs (C(OH)–C–C–N with tert-alkyl or cyclic N) is 1. The van der Waals surface area contributed by atoms with Crippen molar-refractivity contribution in [2.45, 2.75) is 37.4 Å². The van der Waals surface area contributed by atoms with E-state index in [0.29, 0.717) is 31.7 Å². The summed E-state index contributed by atoms with van der Waals surface area (Å²) in [6.07, 6.45) is 6.10. The van der Waals surface area contributed by atoms with Crippen LogP contribution < -0.4 is 9.64 Å². The van der Waals surface area contributed by atoms with Crippen LogP contribution in [0.5, 0.6) is 5.88 Å². The summed E-state index contributed by atoms with van der Waals surface area (Å²) in [6.45, 7) is 5.59. The summed E-state index contributed by atoms with van der Waals surface area (Å²) in [5.74, 6) is 0.707.